The molecular weight excluding hydrogens is 270 g/mol. The fraction of sp³-hybridized carbons (Fsp3) is 0.600. The van der Waals surface area contributed by atoms with E-state index in [-0.39, 0.29) is 18.1 Å². The van der Waals surface area contributed by atoms with Crippen LogP contribution >= 0.6 is 11.3 Å². The van der Waals surface area contributed by atoms with E-state index in [4.69, 9.17) is 0 Å². The summed E-state index contributed by atoms with van der Waals surface area (Å²) in [6.07, 6.45) is 4.16. The quantitative estimate of drug-likeness (QED) is 0.908. The number of anilines is 1. The van der Waals surface area contributed by atoms with Gasteiger partial charge in [0.15, 0.2) is 0 Å². The minimum Gasteiger partial charge on any atom is -0.396 e. The first-order valence-electron chi connectivity index (χ1n) is 7.28. The van der Waals surface area contributed by atoms with Crippen molar-refractivity contribution in [2.75, 3.05) is 11.9 Å². The van der Waals surface area contributed by atoms with Gasteiger partial charge in [0.05, 0.1) is 12.0 Å². The van der Waals surface area contributed by atoms with Crippen LogP contribution in [0.3, 0.4) is 0 Å². The number of aromatic nitrogens is 2. The van der Waals surface area contributed by atoms with Gasteiger partial charge in [-0.2, -0.15) is 0 Å². The van der Waals surface area contributed by atoms with Gasteiger partial charge in [-0.05, 0) is 24.3 Å². The molecule has 0 saturated heterocycles. The maximum absolute atomic E-state index is 9.68. The number of aliphatic hydroxyl groups excluding tert-OH is 1. The van der Waals surface area contributed by atoms with Gasteiger partial charge in [0.2, 0.25) is 0 Å². The second-order valence-electron chi connectivity index (χ2n) is 5.88. The summed E-state index contributed by atoms with van der Waals surface area (Å²) in [5, 5.41) is 16.4. The van der Waals surface area contributed by atoms with Crippen LogP contribution in [0.15, 0.2) is 11.4 Å². The van der Waals surface area contributed by atoms with Crippen LogP contribution in [0.5, 0.6) is 0 Å². The van der Waals surface area contributed by atoms with Crippen molar-refractivity contribution in [3.8, 4) is 0 Å². The van der Waals surface area contributed by atoms with E-state index in [2.05, 4.69) is 40.6 Å². The van der Waals surface area contributed by atoms with E-state index >= 15 is 0 Å². The fourth-order valence-corrected chi connectivity index (χ4v) is 3.78. The molecule has 2 N–H and O–H groups in total. The predicted molar refractivity (Wildman–Crippen MR) is 83.2 cm³/mol. The zero-order valence-electron chi connectivity index (χ0n) is 12.0. The van der Waals surface area contributed by atoms with Crippen LogP contribution in [-0.4, -0.2) is 27.7 Å². The van der Waals surface area contributed by atoms with Crippen molar-refractivity contribution in [3.05, 3.63) is 17.3 Å². The third-order valence-corrected chi connectivity index (χ3v) is 5.25. The smallest absolute Gasteiger partial charge is 0.138 e. The number of aryl methyl sites for hydroxylation is 1. The summed E-state index contributed by atoms with van der Waals surface area (Å²) in [6.45, 7) is 4.46. The van der Waals surface area contributed by atoms with Gasteiger partial charge < -0.3 is 10.4 Å². The molecule has 1 aliphatic rings. The molecule has 1 saturated carbocycles. The molecule has 0 aliphatic heterocycles. The minimum atomic E-state index is -0.0420. The molecule has 4 nitrogen and oxygen atoms in total. The maximum Gasteiger partial charge on any atom is 0.138 e. The van der Waals surface area contributed by atoms with Gasteiger partial charge in [-0.25, -0.2) is 9.97 Å². The van der Waals surface area contributed by atoms with E-state index < -0.39 is 0 Å². The second kappa shape index (κ2) is 5.30. The van der Waals surface area contributed by atoms with Crippen LogP contribution in [0, 0.1) is 5.41 Å². The van der Waals surface area contributed by atoms with Gasteiger partial charge >= 0.3 is 0 Å². The van der Waals surface area contributed by atoms with E-state index in [1.165, 1.54) is 0 Å². The molecule has 108 valence electrons. The Morgan fingerprint density at radius 1 is 1.50 bits per heavy atom. The lowest BCUT2D eigenvalue weighted by Gasteiger charge is -2.30. The van der Waals surface area contributed by atoms with Crippen molar-refractivity contribution in [2.45, 2.75) is 45.6 Å². The van der Waals surface area contributed by atoms with Crippen molar-refractivity contribution in [3.63, 3.8) is 0 Å². The Bertz CT molecular complexity index is 612. The Kier molecular flexibility index (Phi) is 3.65. The van der Waals surface area contributed by atoms with Crippen LogP contribution in [0.4, 0.5) is 5.82 Å². The molecule has 2 atom stereocenters. The number of hydrogen-bond donors (Lipinski definition) is 2. The lowest BCUT2D eigenvalue weighted by atomic mass is 9.86. The summed E-state index contributed by atoms with van der Waals surface area (Å²) in [7, 11) is 0. The molecule has 3 rings (SSSR count). The molecular formula is C15H21N3OS. The Labute approximate surface area is 123 Å². The molecule has 0 spiro atoms. The summed E-state index contributed by atoms with van der Waals surface area (Å²) >= 11 is 1.65. The third kappa shape index (κ3) is 2.29. The van der Waals surface area contributed by atoms with Gasteiger partial charge in [-0.15, -0.1) is 11.3 Å². The molecule has 2 aromatic rings. The molecule has 1 aliphatic carbocycles. The predicted octanol–water partition coefficient (Wildman–Crippen LogP) is 3.22. The first-order chi connectivity index (χ1) is 9.66. The third-order valence-electron chi connectivity index (χ3n) is 4.44. The summed E-state index contributed by atoms with van der Waals surface area (Å²) in [6, 6.07) is 2.36. The fourth-order valence-electron chi connectivity index (χ4n) is 3.00. The Morgan fingerprint density at radius 2 is 2.35 bits per heavy atom. The zero-order chi connectivity index (χ0) is 14.2. The Hall–Kier alpha value is -1.20. The molecule has 2 aromatic heterocycles. The molecule has 2 unspecified atom stereocenters. The van der Waals surface area contributed by atoms with Crippen molar-refractivity contribution in [1.82, 2.24) is 9.97 Å². The highest BCUT2D eigenvalue weighted by Gasteiger charge is 2.38. The van der Waals surface area contributed by atoms with Crippen LogP contribution < -0.4 is 5.32 Å². The zero-order valence-corrected chi connectivity index (χ0v) is 12.8. The topological polar surface area (TPSA) is 58.0 Å². The Morgan fingerprint density at radius 3 is 3.10 bits per heavy atom. The van der Waals surface area contributed by atoms with Gasteiger partial charge in [-0.1, -0.05) is 20.3 Å². The largest absolute Gasteiger partial charge is 0.396 e. The van der Waals surface area contributed by atoms with E-state index in [9.17, 15) is 5.11 Å². The number of thiophene rings is 1. The van der Waals surface area contributed by atoms with Crippen LogP contribution in [0.1, 0.15) is 38.9 Å². The normalized spacial score (nSPS) is 26.2. The number of fused-ring (bicyclic) bond motifs is 1. The molecule has 0 amide bonds. The van der Waals surface area contributed by atoms with Gasteiger partial charge in [0.25, 0.3) is 0 Å². The number of nitrogens with zero attached hydrogens (tertiary/aromatic N) is 2. The minimum absolute atomic E-state index is 0.0420. The summed E-state index contributed by atoms with van der Waals surface area (Å²) < 4.78 is 0. The van der Waals surface area contributed by atoms with Gasteiger partial charge in [0, 0.05) is 17.9 Å². The number of nitrogens with one attached hydrogen (secondary N) is 1. The standard InChI is InChI=1S/C15H21N3OS/c1-3-12-17-13(10-6-8-20-14(10)18-12)16-11-5-4-7-15(11,2)9-19/h6,8,11,19H,3-5,7,9H2,1-2H3,(H,16,17,18). The van der Waals surface area contributed by atoms with Crippen LogP contribution in [0.25, 0.3) is 10.2 Å². The monoisotopic (exact) mass is 291 g/mol. The van der Waals surface area contributed by atoms with E-state index in [0.29, 0.717) is 0 Å². The van der Waals surface area contributed by atoms with Crippen molar-refractivity contribution in [1.29, 1.82) is 0 Å². The maximum atomic E-state index is 9.68. The second-order valence-corrected chi connectivity index (χ2v) is 6.78. The van der Waals surface area contributed by atoms with E-state index in [1.807, 2.05) is 0 Å². The highest BCUT2D eigenvalue weighted by molar-refractivity contribution is 7.16. The van der Waals surface area contributed by atoms with Gasteiger partial charge in [-0.3, -0.25) is 0 Å². The number of aliphatic hydroxyl groups is 1. The summed E-state index contributed by atoms with van der Waals surface area (Å²) in [4.78, 5) is 10.3. The van der Waals surface area contributed by atoms with E-state index in [1.54, 1.807) is 11.3 Å². The Balaban J connectivity index is 1.96. The molecule has 0 radical (unpaired) electrons. The molecule has 2 heterocycles. The molecule has 0 bridgehead atoms. The average molecular weight is 291 g/mol. The highest BCUT2D eigenvalue weighted by atomic mass is 32.1. The first-order valence-corrected chi connectivity index (χ1v) is 8.16. The summed E-state index contributed by atoms with van der Waals surface area (Å²) in [5.74, 6) is 1.81. The number of rotatable bonds is 4. The highest BCUT2D eigenvalue weighted by Crippen LogP contribution is 2.40. The van der Waals surface area contributed by atoms with Crippen LogP contribution in [-0.2, 0) is 6.42 Å². The van der Waals surface area contributed by atoms with Crippen molar-refractivity contribution < 1.29 is 5.11 Å². The first kappa shape index (κ1) is 13.8. The van der Waals surface area contributed by atoms with Crippen molar-refractivity contribution in [2.24, 2.45) is 5.41 Å². The number of hydrogen-bond acceptors (Lipinski definition) is 5. The lowest BCUT2D eigenvalue weighted by Crippen LogP contribution is -2.36. The van der Waals surface area contributed by atoms with Crippen LogP contribution in [0.2, 0.25) is 0 Å². The summed E-state index contributed by atoms with van der Waals surface area (Å²) in [5.41, 5.74) is -0.0420. The molecule has 1 fully saturated rings. The SMILES string of the molecule is CCc1nc(NC2CCCC2(C)CO)c2ccsc2n1. The van der Waals surface area contributed by atoms with Gasteiger partial charge in [0.1, 0.15) is 16.5 Å². The molecule has 5 heteroatoms. The average Bonchev–Trinajstić information content (AvgIpc) is 3.06. The van der Waals surface area contributed by atoms with Crippen molar-refractivity contribution >= 4 is 27.4 Å². The molecule has 0 aromatic carbocycles. The van der Waals surface area contributed by atoms with E-state index in [0.717, 1.165) is 47.5 Å². The molecule has 20 heavy (non-hydrogen) atoms. The lowest BCUT2D eigenvalue weighted by molar-refractivity contribution is 0.139.